The highest BCUT2D eigenvalue weighted by Gasteiger charge is 2.25. The fourth-order valence-electron chi connectivity index (χ4n) is 2.67. The van der Waals surface area contributed by atoms with Crippen LogP contribution in [0.4, 0.5) is 5.69 Å². The molecule has 8 nitrogen and oxygen atoms in total. The van der Waals surface area contributed by atoms with Crippen molar-refractivity contribution in [1.82, 2.24) is 4.31 Å². The molecule has 2 rings (SSSR count). The van der Waals surface area contributed by atoms with Gasteiger partial charge in [-0.2, -0.15) is 4.31 Å². The van der Waals surface area contributed by atoms with Gasteiger partial charge in [0.1, 0.15) is 0 Å². The van der Waals surface area contributed by atoms with Crippen LogP contribution in [0.5, 0.6) is 0 Å². The molecular weight excluding hydrogens is 360 g/mol. The van der Waals surface area contributed by atoms with Gasteiger partial charge in [0.2, 0.25) is 15.9 Å². The van der Waals surface area contributed by atoms with E-state index in [4.69, 9.17) is 4.74 Å². The maximum Gasteiger partial charge on any atom is 0.337 e. The van der Waals surface area contributed by atoms with E-state index in [1.165, 1.54) is 11.4 Å². The number of esters is 1. The Morgan fingerprint density at radius 2 is 2.00 bits per heavy atom. The summed E-state index contributed by atoms with van der Waals surface area (Å²) >= 11 is 0. The molecule has 1 aliphatic rings. The van der Waals surface area contributed by atoms with E-state index in [0.29, 0.717) is 17.9 Å². The quantitative estimate of drug-likeness (QED) is 0.677. The lowest BCUT2D eigenvalue weighted by atomic mass is 10.2. The Hall–Kier alpha value is -1.97. The van der Waals surface area contributed by atoms with Gasteiger partial charge in [0.25, 0.3) is 0 Å². The first kappa shape index (κ1) is 20.3. The van der Waals surface area contributed by atoms with Gasteiger partial charge in [-0.3, -0.25) is 4.79 Å². The molecule has 1 aliphatic heterocycles. The van der Waals surface area contributed by atoms with Crippen LogP contribution in [-0.4, -0.2) is 63.8 Å². The third kappa shape index (κ3) is 6.08. The second-order valence-corrected chi connectivity index (χ2v) is 8.11. The van der Waals surface area contributed by atoms with Crippen molar-refractivity contribution in [2.24, 2.45) is 0 Å². The summed E-state index contributed by atoms with van der Waals surface area (Å²) in [7, 11) is -2.12. The number of sulfonamides is 1. The summed E-state index contributed by atoms with van der Waals surface area (Å²) in [5.41, 5.74) is 0.901. The molecule has 1 heterocycles. The smallest absolute Gasteiger partial charge is 0.337 e. The Morgan fingerprint density at radius 1 is 1.31 bits per heavy atom. The van der Waals surface area contributed by atoms with Crippen LogP contribution in [-0.2, 0) is 24.3 Å². The molecule has 1 N–H and O–H groups in total. The summed E-state index contributed by atoms with van der Waals surface area (Å²) < 4.78 is 35.2. The van der Waals surface area contributed by atoms with Crippen molar-refractivity contribution in [2.75, 3.05) is 38.4 Å². The topological polar surface area (TPSA) is 102 Å². The van der Waals surface area contributed by atoms with Crippen LogP contribution in [0.3, 0.4) is 0 Å². The van der Waals surface area contributed by atoms with E-state index in [-0.39, 0.29) is 31.5 Å². The highest BCUT2D eigenvalue weighted by Crippen LogP contribution is 2.15. The summed E-state index contributed by atoms with van der Waals surface area (Å²) in [5.74, 6) is -0.766. The zero-order chi connectivity index (χ0) is 19.2. The number of hydrogen-bond acceptors (Lipinski definition) is 6. The molecule has 0 aliphatic carbocycles. The number of nitrogens with zero attached hydrogens (tertiary/aromatic N) is 1. The van der Waals surface area contributed by atoms with Crippen LogP contribution in [0.1, 0.15) is 29.6 Å². The molecule has 26 heavy (non-hydrogen) atoms. The van der Waals surface area contributed by atoms with E-state index >= 15 is 0 Å². The number of anilines is 1. The molecule has 9 heteroatoms. The van der Waals surface area contributed by atoms with Crippen molar-refractivity contribution in [3.8, 4) is 0 Å². The molecule has 1 aromatic carbocycles. The van der Waals surface area contributed by atoms with Crippen molar-refractivity contribution in [1.29, 1.82) is 0 Å². The van der Waals surface area contributed by atoms with Crippen molar-refractivity contribution in [3.05, 3.63) is 29.8 Å². The van der Waals surface area contributed by atoms with Gasteiger partial charge < -0.3 is 14.8 Å². The summed E-state index contributed by atoms with van der Waals surface area (Å²) in [6.07, 6.45) is 2.79. The lowest BCUT2D eigenvalue weighted by Gasteiger charge is -2.22. The number of rotatable bonds is 8. The molecular formula is C17H24N2O6S. The number of amides is 1. The third-order valence-electron chi connectivity index (χ3n) is 4.08. The van der Waals surface area contributed by atoms with Crippen LogP contribution in [0, 0.1) is 0 Å². The Balaban J connectivity index is 1.88. The molecule has 1 fully saturated rings. The van der Waals surface area contributed by atoms with Crippen molar-refractivity contribution >= 4 is 27.6 Å². The number of nitrogens with one attached hydrogen (secondary N) is 1. The molecule has 1 amide bonds. The zero-order valence-corrected chi connectivity index (χ0v) is 15.8. The van der Waals surface area contributed by atoms with Gasteiger partial charge in [-0.05, 0) is 37.1 Å². The summed E-state index contributed by atoms with van der Waals surface area (Å²) in [4.78, 5) is 23.5. The second kappa shape index (κ2) is 9.11. The van der Waals surface area contributed by atoms with Crippen LogP contribution in [0.25, 0.3) is 0 Å². The molecule has 1 atom stereocenters. The van der Waals surface area contributed by atoms with Crippen LogP contribution in [0.15, 0.2) is 24.3 Å². The zero-order valence-electron chi connectivity index (χ0n) is 14.9. The van der Waals surface area contributed by atoms with Crippen molar-refractivity contribution < 1.29 is 27.5 Å². The number of methoxy groups -OCH3 is 1. The molecule has 1 unspecified atom stereocenters. The lowest BCUT2D eigenvalue weighted by molar-refractivity contribution is -0.116. The average molecular weight is 384 g/mol. The van der Waals surface area contributed by atoms with Gasteiger partial charge in [0.05, 0.1) is 25.0 Å². The minimum absolute atomic E-state index is 0.0263. The molecule has 0 saturated carbocycles. The summed E-state index contributed by atoms with van der Waals surface area (Å²) in [6, 6.07) is 6.26. The van der Waals surface area contributed by atoms with E-state index in [1.807, 2.05) is 0 Å². The van der Waals surface area contributed by atoms with E-state index in [0.717, 1.165) is 19.1 Å². The molecule has 1 aromatic rings. The second-order valence-electron chi connectivity index (χ2n) is 6.12. The predicted octanol–water partition coefficient (Wildman–Crippen LogP) is 1.24. The number of carbonyl (C=O) groups excluding carboxylic acids is 2. The van der Waals surface area contributed by atoms with E-state index in [9.17, 15) is 18.0 Å². The van der Waals surface area contributed by atoms with E-state index in [2.05, 4.69) is 10.1 Å². The number of hydrogen-bond donors (Lipinski definition) is 1. The largest absolute Gasteiger partial charge is 0.465 e. The first-order valence-electron chi connectivity index (χ1n) is 8.34. The summed E-state index contributed by atoms with van der Waals surface area (Å²) in [5, 5.41) is 2.68. The van der Waals surface area contributed by atoms with Crippen LogP contribution < -0.4 is 5.32 Å². The van der Waals surface area contributed by atoms with Crippen LogP contribution >= 0.6 is 0 Å². The standard InChI is InChI=1S/C17H24N2O6S/c1-24-17(21)13-5-7-14(8-6-13)18-16(20)9-10-19(26(2,22)23)12-15-4-3-11-25-15/h5-8,15H,3-4,9-12H2,1-2H3,(H,18,20). The first-order chi connectivity index (χ1) is 12.3. The van der Waals surface area contributed by atoms with Crippen molar-refractivity contribution in [3.63, 3.8) is 0 Å². The fourth-order valence-corrected chi connectivity index (χ4v) is 3.53. The van der Waals surface area contributed by atoms with Gasteiger partial charge in [0, 0.05) is 31.8 Å². The summed E-state index contributed by atoms with van der Waals surface area (Å²) in [6.45, 7) is 0.995. The SMILES string of the molecule is COC(=O)c1ccc(NC(=O)CCN(CC2CCCO2)S(C)(=O)=O)cc1. The number of ether oxygens (including phenoxy) is 2. The molecule has 0 aromatic heterocycles. The van der Waals surface area contributed by atoms with E-state index in [1.54, 1.807) is 24.3 Å². The molecule has 144 valence electrons. The van der Waals surface area contributed by atoms with Gasteiger partial charge >= 0.3 is 5.97 Å². The monoisotopic (exact) mass is 384 g/mol. The van der Waals surface area contributed by atoms with Gasteiger partial charge in [-0.1, -0.05) is 0 Å². The highest BCUT2D eigenvalue weighted by atomic mass is 32.2. The Morgan fingerprint density at radius 3 is 2.54 bits per heavy atom. The normalized spacial score (nSPS) is 17.3. The molecule has 0 bridgehead atoms. The van der Waals surface area contributed by atoms with Crippen molar-refractivity contribution in [2.45, 2.75) is 25.4 Å². The molecule has 0 spiro atoms. The fraction of sp³-hybridized carbons (Fsp3) is 0.529. The average Bonchev–Trinajstić information content (AvgIpc) is 3.10. The predicted molar refractivity (Wildman–Crippen MR) is 96.4 cm³/mol. The molecule has 1 saturated heterocycles. The minimum atomic E-state index is -3.42. The van der Waals surface area contributed by atoms with Gasteiger partial charge in [0.15, 0.2) is 0 Å². The maximum atomic E-state index is 12.1. The Kier molecular flexibility index (Phi) is 7.13. The number of carbonyl (C=O) groups is 2. The highest BCUT2D eigenvalue weighted by molar-refractivity contribution is 7.88. The Bertz CT molecular complexity index is 726. The lowest BCUT2D eigenvalue weighted by Crippen LogP contribution is -2.38. The van der Waals surface area contributed by atoms with Gasteiger partial charge in [-0.15, -0.1) is 0 Å². The van der Waals surface area contributed by atoms with E-state index < -0.39 is 16.0 Å². The van der Waals surface area contributed by atoms with Gasteiger partial charge in [-0.25, -0.2) is 13.2 Å². The Labute approximate surface area is 153 Å². The number of benzene rings is 1. The maximum absolute atomic E-state index is 12.1. The third-order valence-corrected chi connectivity index (χ3v) is 5.35. The first-order valence-corrected chi connectivity index (χ1v) is 10.2. The van der Waals surface area contributed by atoms with Crippen LogP contribution in [0.2, 0.25) is 0 Å². The molecule has 0 radical (unpaired) electrons. The minimum Gasteiger partial charge on any atom is -0.465 e.